The van der Waals surface area contributed by atoms with Crippen LogP contribution in [0.1, 0.15) is 13.8 Å². The minimum Gasteiger partial charge on any atom is -0.357 e. The van der Waals surface area contributed by atoms with Crippen molar-refractivity contribution in [3.05, 3.63) is 29.3 Å². The molecule has 0 aromatic heterocycles. The molecule has 0 heterocycles. The van der Waals surface area contributed by atoms with Crippen LogP contribution in [0.2, 0.25) is 5.02 Å². The van der Waals surface area contributed by atoms with Gasteiger partial charge in [-0.25, -0.2) is 0 Å². The van der Waals surface area contributed by atoms with Crippen LogP contribution in [-0.4, -0.2) is 43.8 Å². The third-order valence-corrected chi connectivity index (χ3v) is 3.84. The predicted octanol–water partition coefficient (Wildman–Crippen LogP) is 2.12. The molecule has 5 nitrogen and oxygen atoms in total. The molecule has 0 bridgehead atoms. The SMILES string of the molecule is CCNC(=NCCNC(C)=O)NCCSc1ccc(Cl)cc1. The molecule has 0 saturated heterocycles. The van der Waals surface area contributed by atoms with E-state index >= 15 is 0 Å². The second-order valence-electron chi connectivity index (χ2n) is 4.47. The van der Waals surface area contributed by atoms with E-state index in [4.69, 9.17) is 11.6 Å². The molecular weight excluding hydrogens is 320 g/mol. The van der Waals surface area contributed by atoms with Crippen LogP contribution < -0.4 is 16.0 Å². The van der Waals surface area contributed by atoms with Crippen LogP contribution in [-0.2, 0) is 4.79 Å². The van der Waals surface area contributed by atoms with Crippen molar-refractivity contribution in [2.45, 2.75) is 18.7 Å². The normalized spacial score (nSPS) is 11.1. The summed E-state index contributed by atoms with van der Waals surface area (Å²) in [6, 6.07) is 7.81. The second-order valence-corrected chi connectivity index (χ2v) is 6.08. The van der Waals surface area contributed by atoms with Crippen LogP contribution in [0.3, 0.4) is 0 Å². The molecule has 1 aromatic carbocycles. The van der Waals surface area contributed by atoms with E-state index in [9.17, 15) is 4.79 Å². The molecule has 0 saturated carbocycles. The van der Waals surface area contributed by atoms with E-state index in [1.54, 1.807) is 11.8 Å². The molecule has 0 atom stereocenters. The van der Waals surface area contributed by atoms with E-state index < -0.39 is 0 Å². The zero-order chi connectivity index (χ0) is 16.2. The van der Waals surface area contributed by atoms with Gasteiger partial charge in [-0.2, -0.15) is 0 Å². The number of benzene rings is 1. The quantitative estimate of drug-likeness (QED) is 0.293. The Hall–Kier alpha value is -1.40. The largest absolute Gasteiger partial charge is 0.357 e. The fraction of sp³-hybridized carbons (Fsp3) is 0.467. The van der Waals surface area contributed by atoms with Gasteiger partial charge in [0.25, 0.3) is 0 Å². The number of thioether (sulfide) groups is 1. The Balaban J connectivity index is 2.26. The lowest BCUT2D eigenvalue weighted by Crippen LogP contribution is -2.39. The van der Waals surface area contributed by atoms with E-state index in [0.717, 1.165) is 29.8 Å². The maximum atomic E-state index is 10.8. The molecule has 3 N–H and O–H groups in total. The summed E-state index contributed by atoms with van der Waals surface area (Å²) in [4.78, 5) is 16.4. The van der Waals surface area contributed by atoms with Crippen molar-refractivity contribution in [1.82, 2.24) is 16.0 Å². The highest BCUT2D eigenvalue weighted by Crippen LogP contribution is 2.19. The molecule has 0 aliphatic heterocycles. The maximum Gasteiger partial charge on any atom is 0.216 e. The van der Waals surface area contributed by atoms with E-state index in [-0.39, 0.29) is 5.91 Å². The number of carbonyl (C=O) groups excluding carboxylic acids is 1. The molecule has 0 unspecified atom stereocenters. The number of hydrogen-bond acceptors (Lipinski definition) is 3. The minimum absolute atomic E-state index is 0.0347. The van der Waals surface area contributed by atoms with Gasteiger partial charge in [0.15, 0.2) is 5.96 Å². The predicted molar refractivity (Wildman–Crippen MR) is 94.8 cm³/mol. The topological polar surface area (TPSA) is 65.5 Å². The van der Waals surface area contributed by atoms with Crippen molar-refractivity contribution >= 4 is 35.2 Å². The minimum atomic E-state index is -0.0347. The number of carbonyl (C=O) groups is 1. The third-order valence-electron chi connectivity index (χ3n) is 2.58. The first-order valence-corrected chi connectivity index (χ1v) is 8.63. The summed E-state index contributed by atoms with van der Waals surface area (Å²) in [5.74, 6) is 1.66. The first kappa shape index (κ1) is 18.6. The first-order chi connectivity index (χ1) is 10.6. The van der Waals surface area contributed by atoms with Crippen LogP contribution in [0.25, 0.3) is 0 Å². The lowest BCUT2D eigenvalue weighted by molar-refractivity contribution is -0.118. The van der Waals surface area contributed by atoms with Crippen LogP contribution >= 0.6 is 23.4 Å². The summed E-state index contributed by atoms with van der Waals surface area (Å²) in [6.45, 7) is 6.23. The summed E-state index contributed by atoms with van der Waals surface area (Å²) >= 11 is 7.62. The lowest BCUT2D eigenvalue weighted by atomic mass is 10.4. The summed E-state index contributed by atoms with van der Waals surface area (Å²) in [6.07, 6.45) is 0. The van der Waals surface area contributed by atoms with Gasteiger partial charge in [0.1, 0.15) is 0 Å². The third kappa shape index (κ3) is 8.79. The van der Waals surface area contributed by atoms with E-state index in [1.807, 2.05) is 31.2 Å². The van der Waals surface area contributed by atoms with Crippen LogP contribution in [0.5, 0.6) is 0 Å². The van der Waals surface area contributed by atoms with Gasteiger partial charge in [-0.3, -0.25) is 9.79 Å². The Labute approximate surface area is 141 Å². The molecule has 7 heteroatoms. The van der Waals surface area contributed by atoms with Crippen molar-refractivity contribution in [2.75, 3.05) is 31.9 Å². The van der Waals surface area contributed by atoms with Crippen LogP contribution in [0.15, 0.2) is 34.2 Å². The maximum absolute atomic E-state index is 10.8. The number of nitrogens with one attached hydrogen (secondary N) is 3. The molecular formula is C15H23ClN4OS. The average Bonchev–Trinajstić information content (AvgIpc) is 2.49. The van der Waals surface area contributed by atoms with Gasteiger partial charge >= 0.3 is 0 Å². The van der Waals surface area contributed by atoms with E-state index in [2.05, 4.69) is 20.9 Å². The zero-order valence-corrected chi connectivity index (χ0v) is 14.6. The number of nitrogens with zero attached hydrogens (tertiary/aromatic N) is 1. The number of rotatable bonds is 8. The average molecular weight is 343 g/mol. The fourth-order valence-electron chi connectivity index (χ4n) is 1.61. The monoisotopic (exact) mass is 342 g/mol. The zero-order valence-electron chi connectivity index (χ0n) is 13.0. The number of aliphatic imine (C=N–C) groups is 1. The van der Waals surface area contributed by atoms with Gasteiger partial charge < -0.3 is 16.0 Å². The van der Waals surface area contributed by atoms with Gasteiger partial charge in [-0.1, -0.05) is 11.6 Å². The number of hydrogen-bond donors (Lipinski definition) is 3. The molecule has 0 fully saturated rings. The molecule has 0 radical (unpaired) electrons. The molecule has 22 heavy (non-hydrogen) atoms. The van der Waals surface area contributed by atoms with Crippen molar-refractivity contribution in [3.63, 3.8) is 0 Å². The number of halogens is 1. The Bertz CT molecular complexity index is 479. The Morgan fingerprint density at radius 3 is 2.55 bits per heavy atom. The smallest absolute Gasteiger partial charge is 0.216 e. The highest BCUT2D eigenvalue weighted by atomic mass is 35.5. The summed E-state index contributed by atoms with van der Waals surface area (Å²) in [5.41, 5.74) is 0. The Morgan fingerprint density at radius 1 is 1.18 bits per heavy atom. The highest BCUT2D eigenvalue weighted by molar-refractivity contribution is 7.99. The number of guanidine groups is 1. The van der Waals surface area contributed by atoms with E-state index in [1.165, 1.54) is 11.8 Å². The van der Waals surface area contributed by atoms with Crippen molar-refractivity contribution in [1.29, 1.82) is 0 Å². The van der Waals surface area contributed by atoms with Gasteiger partial charge in [-0.05, 0) is 31.2 Å². The molecule has 122 valence electrons. The molecule has 0 aliphatic carbocycles. The molecule has 0 aliphatic rings. The lowest BCUT2D eigenvalue weighted by Gasteiger charge is -2.11. The molecule has 1 amide bonds. The van der Waals surface area contributed by atoms with Crippen LogP contribution in [0, 0.1) is 0 Å². The van der Waals surface area contributed by atoms with Gasteiger partial charge in [0.05, 0.1) is 6.54 Å². The van der Waals surface area contributed by atoms with Crippen LogP contribution in [0.4, 0.5) is 0 Å². The van der Waals surface area contributed by atoms with Gasteiger partial charge in [-0.15, -0.1) is 11.8 Å². The summed E-state index contributed by atoms with van der Waals surface area (Å²) in [7, 11) is 0. The van der Waals surface area contributed by atoms with Crippen molar-refractivity contribution in [3.8, 4) is 0 Å². The van der Waals surface area contributed by atoms with Gasteiger partial charge in [0.2, 0.25) is 5.91 Å². The highest BCUT2D eigenvalue weighted by Gasteiger charge is 1.98. The standard InChI is InChI=1S/C15H23ClN4OS/c1-3-17-15(19-9-8-18-12(2)21)20-10-11-22-14-6-4-13(16)5-7-14/h4-7H,3,8-11H2,1-2H3,(H,18,21)(H2,17,19,20). The molecule has 1 aromatic rings. The van der Waals surface area contributed by atoms with E-state index in [0.29, 0.717) is 13.1 Å². The molecule has 0 spiro atoms. The van der Waals surface area contributed by atoms with Crippen molar-refractivity contribution in [2.24, 2.45) is 4.99 Å². The summed E-state index contributed by atoms with van der Waals surface area (Å²) in [5, 5.41) is 9.92. The van der Waals surface area contributed by atoms with Crippen molar-refractivity contribution < 1.29 is 4.79 Å². The summed E-state index contributed by atoms with van der Waals surface area (Å²) < 4.78 is 0. The first-order valence-electron chi connectivity index (χ1n) is 7.26. The second kappa shape index (κ2) is 11.2. The Kier molecular flexibility index (Phi) is 9.50. The van der Waals surface area contributed by atoms with Gasteiger partial charge in [0, 0.05) is 42.2 Å². The molecule has 1 rings (SSSR count). The number of amides is 1. The Morgan fingerprint density at radius 2 is 1.91 bits per heavy atom. The fourth-order valence-corrected chi connectivity index (χ4v) is 2.50.